The molecule has 0 aliphatic rings. The van der Waals surface area contributed by atoms with Crippen LogP contribution in [-0.2, 0) is 4.79 Å². The van der Waals surface area contributed by atoms with E-state index in [1.165, 1.54) is 27.6 Å². The summed E-state index contributed by atoms with van der Waals surface area (Å²) >= 11 is 0. The Morgan fingerprint density at radius 3 is 2.64 bits per heavy atom. The summed E-state index contributed by atoms with van der Waals surface area (Å²) in [6.45, 7) is 7.42. The molecule has 0 bridgehead atoms. The third-order valence-electron chi connectivity index (χ3n) is 5.54. The van der Waals surface area contributed by atoms with Crippen molar-refractivity contribution < 1.29 is 14.3 Å². The Labute approximate surface area is 191 Å². The second-order valence-electron chi connectivity index (χ2n) is 8.02. The lowest BCUT2D eigenvalue weighted by Crippen LogP contribution is -2.34. The summed E-state index contributed by atoms with van der Waals surface area (Å²) in [6.07, 6.45) is 5.63. The van der Waals surface area contributed by atoms with Crippen LogP contribution in [0, 0.1) is 12.7 Å². The van der Waals surface area contributed by atoms with E-state index in [4.69, 9.17) is 0 Å². The van der Waals surface area contributed by atoms with Crippen LogP contribution in [0.4, 0.5) is 10.1 Å². The van der Waals surface area contributed by atoms with E-state index in [2.05, 4.69) is 10.1 Å². The first kappa shape index (κ1) is 24.1. The molecule has 0 aliphatic carbocycles. The van der Waals surface area contributed by atoms with Crippen molar-refractivity contribution in [2.45, 2.75) is 33.6 Å². The normalized spacial score (nSPS) is 11.8. The van der Waals surface area contributed by atoms with Crippen molar-refractivity contribution >= 4 is 28.7 Å². The number of nitrogens with zero attached hydrogens (tertiary/aromatic N) is 5. The SMILES string of the molecule is CCN(C=O)/C(CO)=N\N(C)c1cc2c(C(C)C)cn(-c3ccncc3C)c(=O)c2cc1F. The minimum atomic E-state index is -0.642. The summed E-state index contributed by atoms with van der Waals surface area (Å²) in [5, 5.41) is 15.9. The topological polar surface area (TPSA) is 91.0 Å². The predicted octanol–water partition coefficient (Wildman–Crippen LogP) is 3.18. The molecular weight excluding hydrogens is 425 g/mol. The monoisotopic (exact) mass is 453 g/mol. The molecule has 3 aromatic rings. The van der Waals surface area contributed by atoms with Crippen molar-refractivity contribution in [1.82, 2.24) is 14.5 Å². The molecule has 0 radical (unpaired) electrons. The maximum atomic E-state index is 15.2. The number of halogens is 1. The first-order chi connectivity index (χ1) is 15.7. The Kier molecular flexibility index (Phi) is 7.23. The third kappa shape index (κ3) is 4.63. The lowest BCUT2D eigenvalue weighted by atomic mass is 9.97. The Hall–Kier alpha value is -3.59. The second kappa shape index (κ2) is 9.91. The molecule has 0 spiro atoms. The molecule has 8 nitrogen and oxygen atoms in total. The Balaban J connectivity index is 2.25. The number of pyridine rings is 2. The van der Waals surface area contributed by atoms with E-state index in [0.717, 1.165) is 11.1 Å². The number of anilines is 1. The molecule has 1 aromatic carbocycles. The fourth-order valence-corrected chi connectivity index (χ4v) is 3.72. The van der Waals surface area contributed by atoms with Gasteiger partial charge in [-0.15, -0.1) is 0 Å². The highest BCUT2D eigenvalue weighted by Crippen LogP contribution is 2.30. The first-order valence-electron chi connectivity index (χ1n) is 10.7. The Morgan fingerprint density at radius 2 is 2.06 bits per heavy atom. The fraction of sp³-hybridized carbons (Fsp3) is 0.333. The molecular formula is C24H28FN5O3. The van der Waals surface area contributed by atoms with Crippen LogP contribution in [0.5, 0.6) is 0 Å². The zero-order valence-corrected chi connectivity index (χ0v) is 19.4. The van der Waals surface area contributed by atoms with Gasteiger partial charge in [0.05, 0.1) is 16.8 Å². The van der Waals surface area contributed by atoms with Crippen LogP contribution < -0.4 is 10.6 Å². The van der Waals surface area contributed by atoms with Gasteiger partial charge in [-0.05, 0) is 54.5 Å². The maximum absolute atomic E-state index is 15.2. The number of aliphatic hydroxyl groups is 1. The average Bonchev–Trinajstić information content (AvgIpc) is 2.79. The third-order valence-corrected chi connectivity index (χ3v) is 5.54. The van der Waals surface area contributed by atoms with Crippen LogP contribution in [0.3, 0.4) is 0 Å². The molecule has 33 heavy (non-hydrogen) atoms. The average molecular weight is 454 g/mol. The highest BCUT2D eigenvalue weighted by atomic mass is 19.1. The number of amides is 1. The van der Waals surface area contributed by atoms with Gasteiger partial charge in [-0.25, -0.2) is 4.39 Å². The van der Waals surface area contributed by atoms with Gasteiger partial charge in [0.1, 0.15) is 12.4 Å². The highest BCUT2D eigenvalue weighted by Gasteiger charge is 2.19. The van der Waals surface area contributed by atoms with Crippen LogP contribution in [0.1, 0.15) is 37.8 Å². The number of carbonyl (C=O) groups is 1. The lowest BCUT2D eigenvalue weighted by molar-refractivity contribution is -0.114. The summed E-state index contributed by atoms with van der Waals surface area (Å²) < 4.78 is 16.7. The number of hydrogen-bond acceptors (Lipinski definition) is 6. The minimum Gasteiger partial charge on any atom is -0.388 e. The maximum Gasteiger partial charge on any atom is 0.263 e. The summed E-state index contributed by atoms with van der Waals surface area (Å²) in [4.78, 5) is 29.9. The molecule has 1 N–H and O–H groups in total. The highest BCUT2D eigenvalue weighted by molar-refractivity contribution is 5.93. The second-order valence-corrected chi connectivity index (χ2v) is 8.02. The summed E-state index contributed by atoms with van der Waals surface area (Å²) in [7, 11) is 1.52. The summed E-state index contributed by atoms with van der Waals surface area (Å²) in [5.41, 5.74) is 2.16. The molecule has 9 heteroatoms. The van der Waals surface area contributed by atoms with Gasteiger partial charge in [0.2, 0.25) is 6.41 Å². The largest absolute Gasteiger partial charge is 0.388 e. The van der Waals surface area contributed by atoms with Gasteiger partial charge < -0.3 is 5.11 Å². The predicted molar refractivity (Wildman–Crippen MR) is 127 cm³/mol. The number of hydrazone groups is 1. The van der Waals surface area contributed by atoms with E-state index in [0.29, 0.717) is 24.0 Å². The molecule has 174 valence electrons. The number of aryl methyl sites for hydroxylation is 1. The number of benzene rings is 1. The van der Waals surface area contributed by atoms with Crippen molar-refractivity contribution in [1.29, 1.82) is 0 Å². The molecule has 2 aromatic heterocycles. The van der Waals surface area contributed by atoms with Gasteiger partial charge in [-0.2, -0.15) is 5.10 Å². The van der Waals surface area contributed by atoms with Gasteiger partial charge in [0.15, 0.2) is 5.84 Å². The van der Waals surface area contributed by atoms with Crippen molar-refractivity contribution in [3.63, 3.8) is 0 Å². The number of aromatic nitrogens is 2. The quantitative estimate of drug-likeness (QED) is 0.257. The van der Waals surface area contributed by atoms with Crippen molar-refractivity contribution in [3.8, 4) is 5.69 Å². The number of fused-ring (bicyclic) bond motifs is 1. The molecule has 0 saturated heterocycles. The number of likely N-dealkylation sites (N-methyl/N-ethyl adjacent to an activating group) is 1. The van der Waals surface area contributed by atoms with E-state index < -0.39 is 12.4 Å². The molecule has 1 amide bonds. The van der Waals surface area contributed by atoms with Crippen LogP contribution in [0.25, 0.3) is 16.5 Å². The lowest BCUT2D eigenvalue weighted by Gasteiger charge is -2.22. The van der Waals surface area contributed by atoms with Gasteiger partial charge in [-0.1, -0.05) is 13.8 Å². The van der Waals surface area contributed by atoms with Crippen molar-refractivity contribution in [2.75, 3.05) is 25.2 Å². The molecule has 0 atom stereocenters. The molecule has 0 fully saturated rings. The molecule has 2 heterocycles. The van der Waals surface area contributed by atoms with E-state index >= 15 is 4.39 Å². The van der Waals surface area contributed by atoms with Gasteiger partial charge in [0, 0.05) is 32.2 Å². The van der Waals surface area contributed by atoms with E-state index in [1.807, 2.05) is 20.8 Å². The van der Waals surface area contributed by atoms with Crippen LogP contribution in [0.15, 0.2) is 46.7 Å². The van der Waals surface area contributed by atoms with Crippen molar-refractivity contribution in [2.24, 2.45) is 5.10 Å². The number of rotatable bonds is 7. The number of hydrogen-bond donors (Lipinski definition) is 1. The molecule has 0 unspecified atom stereocenters. The number of amidine groups is 1. The Bertz CT molecular complexity index is 1270. The van der Waals surface area contributed by atoms with E-state index in [-0.39, 0.29) is 28.4 Å². The molecule has 3 rings (SSSR count). The summed E-state index contributed by atoms with van der Waals surface area (Å²) in [5.74, 6) is -0.509. The standard InChI is InChI=1S/C24H28FN5O3/c1-6-29(14-32)23(13-31)27-28(5)22-10-17-18(9-20(22)25)24(33)30(12-19(17)15(2)3)21-7-8-26-11-16(21)4/h7-12,14-15,31H,6,13H2,1-5H3/b27-23-. The zero-order chi connectivity index (χ0) is 24.3. The zero-order valence-electron chi connectivity index (χ0n) is 19.4. The minimum absolute atomic E-state index is 0.0484. The molecule has 0 aliphatic heterocycles. The smallest absolute Gasteiger partial charge is 0.263 e. The Morgan fingerprint density at radius 1 is 1.33 bits per heavy atom. The molecule has 0 saturated carbocycles. The van der Waals surface area contributed by atoms with Crippen LogP contribution in [-0.4, -0.2) is 52.0 Å². The summed E-state index contributed by atoms with van der Waals surface area (Å²) in [6, 6.07) is 4.55. The van der Waals surface area contributed by atoms with Crippen molar-refractivity contribution in [3.05, 3.63) is 64.1 Å². The number of aliphatic hydroxyl groups excluding tert-OH is 1. The van der Waals surface area contributed by atoms with E-state index in [9.17, 15) is 14.7 Å². The van der Waals surface area contributed by atoms with Gasteiger partial charge in [-0.3, -0.25) is 29.0 Å². The number of carbonyl (C=O) groups excluding carboxylic acids is 1. The van der Waals surface area contributed by atoms with Crippen LogP contribution >= 0.6 is 0 Å². The fourth-order valence-electron chi connectivity index (χ4n) is 3.72. The van der Waals surface area contributed by atoms with Gasteiger partial charge in [0.25, 0.3) is 5.56 Å². The van der Waals surface area contributed by atoms with Gasteiger partial charge >= 0.3 is 0 Å². The van der Waals surface area contributed by atoms with Crippen LogP contribution in [0.2, 0.25) is 0 Å². The first-order valence-corrected chi connectivity index (χ1v) is 10.7. The van der Waals surface area contributed by atoms with E-state index in [1.54, 1.807) is 37.6 Å².